The van der Waals surface area contributed by atoms with Crippen molar-refractivity contribution in [1.82, 2.24) is 9.62 Å². The molecule has 1 unspecified atom stereocenters. The van der Waals surface area contributed by atoms with E-state index in [1.807, 2.05) is 32.8 Å². The quantitative estimate of drug-likeness (QED) is 0.865. The van der Waals surface area contributed by atoms with Gasteiger partial charge < -0.3 is 4.90 Å². The lowest BCUT2D eigenvalue weighted by Gasteiger charge is -2.25. The molecule has 116 valence electrons. The number of nitrogens with zero attached hydrogens (tertiary/aromatic N) is 2. The van der Waals surface area contributed by atoms with Crippen LogP contribution in [0.5, 0.6) is 0 Å². The van der Waals surface area contributed by atoms with Gasteiger partial charge >= 0.3 is 0 Å². The summed E-state index contributed by atoms with van der Waals surface area (Å²) in [6.07, 6.45) is 0. The zero-order valence-electron chi connectivity index (χ0n) is 12.6. The Morgan fingerprint density at radius 3 is 2.48 bits per heavy atom. The summed E-state index contributed by atoms with van der Waals surface area (Å²) >= 11 is 0. The van der Waals surface area contributed by atoms with Crippen molar-refractivity contribution < 1.29 is 12.8 Å². The lowest BCUT2D eigenvalue weighted by molar-refractivity contribution is 0.314. The van der Waals surface area contributed by atoms with Crippen LogP contribution in [0.15, 0.2) is 23.1 Å². The van der Waals surface area contributed by atoms with E-state index in [0.717, 1.165) is 18.2 Å². The van der Waals surface area contributed by atoms with Gasteiger partial charge in [-0.2, -0.15) is 5.26 Å². The Hall–Kier alpha value is -1.49. The fraction of sp³-hybridized carbons (Fsp3) is 0.500. The molecule has 1 aromatic rings. The molecule has 0 saturated carbocycles. The van der Waals surface area contributed by atoms with Crippen molar-refractivity contribution in [3.8, 4) is 6.07 Å². The Labute approximate surface area is 125 Å². The van der Waals surface area contributed by atoms with Gasteiger partial charge in [-0.05, 0) is 38.2 Å². The van der Waals surface area contributed by atoms with Crippen molar-refractivity contribution in [3.63, 3.8) is 0 Å². The molecule has 0 aliphatic carbocycles. The molecule has 1 aromatic carbocycles. The Morgan fingerprint density at radius 2 is 2.00 bits per heavy atom. The monoisotopic (exact) mass is 313 g/mol. The van der Waals surface area contributed by atoms with Gasteiger partial charge in [0, 0.05) is 12.6 Å². The van der Waals surface area contributed by atoms with E-state index in [1.54, 1.807) is 6.07 Å². The highest BCUT2D eigenvalue weighted by Crippen LogP contribution is 2.16. The first-order valence-electron chi connectivity index (χ1n) is 6.54. The van der Waals surface area contributed by atoms with E-state index in [1.165, 1.54) is 0 Å². The Kier molecular flexibility index (Phi) is 5.84. The Bertz CT molecular complexity index is 636. The number of sulfonamides is 1. The SMILES string of the molecule is CC(C)C(CN(C)C)NS(=O)(=O)c1ccc(F)c(C#N)c1. The highest BCUT2D eigenvalue weighted by Gasteiger charge is 2.23. The van der Waals surface area contributed by atoms with Crippen LogP contribution in [0, 0.1) is 23.1 Å². The van der Waals surface area contributed by atoms with Crippen LogP contribution in [0.1, 0.15) is 19.4 Å². The molecular weight excluding hydrogens is 293 g/mol. The lowest BCUT2D eigenvalue weighted by atomic mass is 10.1. The Balaban J connectivity index is 3.08. The number of rotatable bonds is 6. The van der Waals surface area contributed by atoms with E-state index in [0.29, 0.717) is 6.54 Å². The van der Waals surface area contributed by atoms with Crippen LogP contribution in [0.2, 0.25) is 0 Å². The summed E-state index contributed by atoms with van der Waals surface area (Å²) in [4.78, 5) is 1.78. The molecule has 1 rings (SSSR count). The highest BCUT2D eigenvalue weighted by atomic mass is 32.2. The summed E-state index contributed by atoms with van der Waals surface area (Å²) < 4.78 is 40.6. The first-order valence-corrected chi connectivity index (χ1v) is 8.02. The minimum Gasteiger partial charge on any atom is -0.308 e. The minimum absolute atomic E-state index is 0.0954. The predicted molar refractivity (Wildman–Crippen MR) is 78.6 cm³/mol. The van der Waals surface area contributed by atoms with Gasteiger partial charge in [0.05, 0.1) is 10.5 Å². The summed E-state index contributed by atoms with van der Waals surface area (Å²) in [6, 6.07) is 4.56. The average molecular weight is 313 g/mol. The van der Waals surface area contributed by atoms with E-state index in [2.05, 4.69) is 4.72 Å². The summed E-state index contributed by atoms with van der Waals surface area (Å²) in [7, 11) is -0.0809. The van der Waals surface area contributed by atoms with E-state index in [4.69, 9.17) is 5.26 Å². The number of likely N-dealkylation sites (N-methyl/N-ethyl adjacent to an activating group) is 1. The second kappa shape index (κ2) is 6.98. The normalized spacial score (nSPS) is 13.4. The minimum atomic E-state index is -3.79. The van der Waals surface area contributed by atoms with Crippen molar-refractivity contribution in [3.05, 3.63) is 29.6 Å². The van der Waals surface area contributed by atoms with Crippen LogP contribution in [-0.4, -0.2) is 40.0 Å². The maximum absolute atomic E-state index is 13.3. The molecule has 0 saturated heterocycles. The molecular formula is C14H20FN3O2S. The molecule has 1 atom stereocenters. The van der Waals surface area contributed by atoms with Gasteiger partial charge in [0.1, 0.15) is 11.9 Å². The first kappa shape index (κ1) is 17.6. The number of nitrogens with one attached hydrogen (secondary N) is 1. The zero-order chi connectivity index (χ0) is 16.2. The fourth-order valence-corrected chi connectivity index (χ4v) is 3.20. The molecule has 0 bridgehead atoms. The van der Waals surface area contributed by atoms with Crippen LogP contribution >= 0.6 is 0 Å². The molecule has 0 amide bonds. The van der Waals surface area contributed by atoms with Gasteiger partial charge in [0.2, 0.25) is 10.0 Å². The Morgan fingerprint density at radius 1 is 1.38 bits per heavy atom. The number of hydrogen-bond acceptors (Lipinski definition) is 4. The zero-order valence-corrected chi connectivity index (χ0v) is 13.4. The summed E-state index contributed by atoms with van der Waals surface area (Å²) in [5.74, 6) is -0.636. The first-order chi connectivity index (χ1) is 9.67. The van der Waals surface area contributed by atoms with E-state index >= 15 is 0 Å². The fourth-order valence-electron chi connectivity index (χ4n) is 1.80. The largest absolute Gasteiger partial charge is 0.308 e. The van der Waals surface area contributed by atoms with Crippen molar-refractivity contribution >= 4 is 10.0 Å². The molecule has 7 heteroatoms. The summed E-state index contributed by atoms with van der Waals surface area (Å²) in [6.45, 7) is 4.38. The maximum Gasteiger partial charge on any atom is 0.240 e. The molecule has 0 heterocycles. The van der Waals surface area contributed by atoms with Gasteiger partial charge in [0.25, 0.3) is 0 Å². The van der Waals surface area contributed by atoms with Crippen LogP contribution < -0.4 is 4.72 Å². The number of benzene rings is 1. The molecule has 0 radical (unpaired) electrons. The molecule has 0 fully saturated rings. The van der Waals surface area contributed by atoms with Gasteiger partial charge in [0.15, 0.2) is 0 Å². The number of halogens is 1. The third-order valence-electron chi connectivity index (χ3n) is 3.04. The van der Waals surface area contributed by atoms with Gasteiger partial charge in [-0.15, -0.1) is 0 Å². The molecule has 0 aromatic heterocycles. The molecule has 0 spiro atoms. The van der Waals surface area contributed by atoms with Gasteiger partial charge in [-0.25, -0.2) is 17.5 Å². The summed E-state index contributed by atoms with van der Waals surface area (Å²) in [5.41, 5.74) is -0.286. The third-order valence-corrected chi connectivity index (χ3v) is 4.53. The van der Waals surface area contributed by atoms with Crippen LogP contribution in [0.4, 0.5) is 4.39 Å². The van der Waals surface area contributed by atoms with Crippen LogP contribution in [0.25, 0.3) is 0 Å². The summed E-state index contributed by atoms with van der Waals surface area (Å²) in [5, 5.41) is 8.79. The third kappa shape index (κ3) is 4.77. The molecule has 1 N–H and O–H groups in total. The van der Waals surface area contributed by atoms with E-state index < -0.39 is 15.8 Å². The van der Waals surface area contributed by atoms with Crippen LogP contribution in [-0.2, 0) is 10.0 Å². The standard InChI is InChI=1S/C14H20FN3O2S/c1-10(2)14(9-18(3)4)17-21(19,20)12-5-6-13(15)11(7-12)8-16/h5-7,10,14,17H,9H2,1-4H3. The molecule has 0 aliphatic heterocycles. The molecule has 21 heavy (non-hydrogen) atoms. The van der Waals surface area contributed by atoms with Gasteiger partial charge in [-0.1, -0.05) is 13.8 Å². The average Bonchev–Trinajstić information content (AvgIpc) is 2.37. The van der Waals surface area contributed by atoms with E-state index in [-0.39, 0.29) is 22.4 Å². The smallest absolute Gasteiger partial charge is 0.240 e. The lowest BCUT2D eigenvalue weighted by Crippen LogP contribution is -2.44. The molecule has 0 aliphatic rings. The topological polar surface area (TPSA) is 73.2 Å². The van der Waals surface area contributed by atoms with Crippen molar-refractivity contribution in [2.45, 2.75) is 24.8 Å². The van der Waals surface area contributed by atoms with Crippen molar-refractivity contribution in [2.24, 2.45) is 5.92 Å². The van der Waals surface area contributed by atoms with Crippen molar-refractivity contribution in [1.29, 1.82) is 5.26 Å². The number of hydrogen-bond donors (Lipinski definition) is 1. The highest BCUT2D eigenvalue weighted by molar-refractivity contribution is 7.89. The second-order valence-electron chi connectivity index (χ2n) is 5.49. The predicted octanol–water partition coefficient (Wildman–Crippen LogP) is 1.56. The van der Waals surface area contributed by atoms with Gasteiger partial charge in [-0.3, -0.25) is 0 Å². The van der Waals surface area contributed by atoms with E-state index in [9.17, 15) is 12.8 Å². The maximum atomic E-state index is 13.3. The van der Waals surface area contributed by atoms with Crippen molar-refractivity contribution in [2.75, 3.05) is 20.6 Å². The molecule has 5 nitrogen and oxygen atoms in total. The second-order valence-corrected chi connectivity index (χ2v) is 7.20. The van der Waals surface area contributed by atoms with Crippen LogP contribution in [0.3, 0.4) is 0 Å². The number of nitriles is 1.